The summed E-state index contributed by atoms with van der Waals surface area (Å²) < 4.78 is 40.9. The fourth-order valence-electron chi connectivity index (χ4n) is 2.87. The molecule has 26 heavy (non-hydrogen) atoms. The standard InChI is InChI=1S/C17H11ClFN3O2S2/c18-11-3-6-13-14(7-11)22(9-10-1-4-12(19)5-2-10)26(23,24)15-8-20-17(25)21-16(13)15/h1-8H,9H2,(H,20,21,25). The van der Waals surface area contributed by atoms with Crippen LogP contribution >= 0.6 is 23.8 Å². The molecule has 2 heterocycles. The first kappa shape index (κ1) is 17.1. The lowest BCUT2D eigenvalue weighted by molar-refractivity contribution is 0.588. The first-order chi connectivity index (χ1) is 12.4. The molecule has 0 amide bonds. The number of halogens is 2. The molecule has 0 aliphatic carbocycles. The van der Waals surface area contributed by atoms with E-state index in [4.69, 9.17) is 23.8 Å². The van der Waals surface area contributed by atoms with E-state index < -0.39 is 10.0 Å². The van der Waals surface area contributed by atoms with Crippen molar-refractivity contribution >= 4 is 39.5 Å². The zero-order valence-corrected chi connectivity index (χ0v) is 15.5. The zero-order chi connectivity index (χ0) is 18.5. The number of hydrogen-bond acceptors (Lipinski definition) is 4. The number of rotatable bonds is 2. The Hall–Kier alpha value is -2.29. The lowest BCUT2D eigenvalue weighted by atomic mass is 10.1. The van der Waals surface area contributed by atoms with Crippen LogP contribution in [-0.2, 0) is 16.6 Å². The minimum Gasteiger partial charge on any atom is -0.329 e. The van der Waals surface area contributed by atoms with Gasteiger partial charge in [-0.05, 0) is 48.1 Å². The molecule has 1 N–H and O–H groups in total. The van der Waals surface area contributed by atoms with Gasteiger partial charge in [-0.3, -0.25) is 4.31 Å². The lowest BCUT2D eigenvalue weighted by Crippen LogP contribution is -2.34. The maximum absolute atomic E-state index is 13.2. The summed E-state index contributed by atoms with van der Waals surface area (Å²) in [7, 11) is -3.90. The summed E-state index contributed by atoms with van der Waals surface area (Å²) in [5.74, 6) is -0.388. The van der Waals surface area contributed by atoms with Crippen LogP contribution in [0.25, 0.3) is 11.3 Å². The number of hydrogen-bond donors (Lipinski definition) is 1. The number of nitrogens with zero attached hydrogens (tertiary/aromatic N) is 2. The molecule has 0 spiro atoms. The van der Waals surface area contributed by atoms with Gasteiger partial charge < -0.3 is 4.98 Å². The highest BCUT2D eigenvalue weighted by Gasteiger charge is 2.36. The largest absolute Gasteiger partial charge is 0.329 e. The van der Waals surface area contributed by atoms with Gasteiger partial charge in [0.2, 0.25) is 0 Å². The molecule has 0 atom stereocenters. The number of anilines is 1. The van der Waals surface area contributed by atoms with Crippen molar-refractivity contribution in [1.82, 2.24) is 9.97 Å². The SMILES string of the molecule is O=S1(=O)c2cnc(=S)[nH]c2-c2ccc(Cl)cc2N1Cc1ccc(F)cc1. The molecular weight excluding hydrogens is 397 g/mol. The molecule has 0 radical (unpaired) electrons. The normalized spacial score (nSPS) is 14.6. The van der Waals surface area contributed by atoms with Gasteiger partial charge in [-0.1, -0.05) is 23.7 Å². The number of H-pyrrole nitrogens is 1. The minimum atomic E-state index is -3.90. The van der Waals surface area contributed by atoms with Gasteiger partial charge in [0, 0.05) is 10.6 Å². The van der Waals surface area contributed by atoms with E-state index in [0.717, 1.165) is 0 Å². The van der Waals surface area contributed by atoms with Crippen LogP contribution in [0.4, 0.5) is 10.1 Å². The molecule has 0 bridgehead atoms. The van der Waals surface area contributed by atoms with E-state index in [1.165, 1.54) is 22.6 Å². The third kappa shape index (κ3) is 2.80. The smallest absolute Gasteiger partial charge is 0.268 e. The van der Waals surface area contributed by atoms with Crippen LogP contribution in [0.2, 0.25) is 5.02 Å². The van der Waals surface area contributed by atoms with Gasteiger partial charge >= 0.3 is 0 Å². The van der Waals surface area contributed by atoms with Crippen molar-refractivity contribution in [3.8, 4) is 11.3 Å². The highest BCUT2D eigenvalue weighted by atomic mass is 35.5. The minimum absolute atomic E-state index is 0.0306. The van der Waals surface area contributed by atoms with E-state index in [2.05, 4.69) is 9.97 Å². The van der Waals surface area contributed by atoms with Crippen molar-refractivity contribution in [2.75, 3.05) is 4.31 Å². The van der Waals surface area contributed by atoms with Gasteiger partial charge in [0.05, 0.1) is 24.1 Å². The number of sulfonamides is 1. The quantitative estimate of drug-likeness (QED) is 0.643. The Morgan fingerprint density at radius 2 is 1.92 bits per heavy atom. The van der Waals surface area contributed by atoms with Crippen LogP contribution in [0.15, 0.2) is 53.6 Å². The Morgan fingerprint density at radius 1 is 1.19 bits per heavy atom. The predicted octanol–water partition coefficient (Wildman–Crippen LogP) is 4.31. The number of benzene rings is 2. The average molecular weight is 408 g/mol. The van der Waals surface area contributed by atoms with Crippen molar-refractivity contribution in [3.63, 3.8) is 0 Å². The van der Waals surface area contributed by atoms with Crippen LogP contribution in [0.3, 0.4) is 0 Å². The first-order valence-electron chi connectivity index (χ1n) is 7.53. The molecule has 0 fully saturated rings. The van der Waals surface area contributed by atoms with E-state index in [1.54, 1.807) is 30.3 Å². The summed E-state index contributed by atoms with van der Waals surface area (Å²) >= 11 is 11.1. The maximum atomic E-state index is 13.2. The summed E-state index contributed by atoms with van der Waals surface area (Å²) in [5, 5.41) is 0.402. The molecule has 5 nitrogen and oxygen atoms in total. The van der Waals surface area contributed by atoms with E-state index in [1.807, 2.05) is 0 Å². The summed E-state index contributed by atoms with van der Waals surface area (Å²) in [4.78, 5) is 6.80. The lowest BCUT2D eigenvalue weighted by Gasteiger charge is -2.31. The molecule has 1 aliphatic rings. The Morgan fingerprint density at radius 3 is 2.65 bits per heavy atom. The van der Waals surface area contributed by atoms with E-state index >= 15 is 0 Å². The van der Waals surface area contributed by atoms with Crippen molar-refractivity contribution < 1.29 is 12.8 Å². The summed E-state index contributed by atoms with van der Waals surface area (Å²) in [5.41, 5.74) is 2.09. The third-order valence-corrected chi connectivity index (χ3v) is 6.30. The first-order valence-corrected chi connectivity index (χ1v) is 9.75. The molecule has 132 valence electrons. The molecule has 4 rings (SSSR count). The van der Waals surface area contributed by atoms with Crippen molar-refractivity contribution in [2.45, 2.75) is 11.4 Å². The molecule has 3 aromatic rings. The fraction of sp³-hybridized carbons (Fsp3) is 0.0588. The van der Waals surface area contributed by atoms with Gasteiger partial charge in [-0.2, -0.15) is 0 Å². The summed E-state index contributed by atoms with van der Waals surface area (Å²) in [6, 6.07) is 10.7. The van der Waals surface area contributed by atoms with Gasteiger partial charge in [0.1, 0.15) is 10.7 Å². The molecular formula is C17H11ClFN3O2S2. The maximum Gasteiger partial charge on any atom is 0.268 e. The number of fused-ring (bicyclic) bond motifs is 3. The second-order valence-corrected chi connectivity index (χ2v) is 8.38. The van der Waals surface area contributed by atoms with Gasteiger partial charge in [0.25, 0.3) is 10.0 Å². The number of aromatic nitrogens is 2. The Bertz CT molecular complexity index is 1180. The summed E-state index contributed by atoms with van der Waals surface area (Å²) in [6.45, 7) is 0.0328. The molecule has 1 aliphatic heterocycles. The van der Waals surface area contributed by atoms with Crippen molar-refractivity contribution in [1.29, 1.82) is 0 Å². The molecule has 2 aromatic carbocycles. The van der Waals surface area contributed by atoms with Gasteiger partial charge in [-0.15, -0.1) is 0 Å². The third-order valence-electron chi connectivity index (χ3n) is 4.08. The van der Waals surface area contributed by atoms with Gasteiger partial charge in [-0.25, -0.2) is 17.8 Å². The van der Waals surface area contributed by atoms with Crippen LogP contribution in [0.5, 0.6) is 0 Å². The van der Waals surface area contributed by atoms with E-state index in [9.17, 15) is 12.8 Å². The fourth-order valence-corrected chi connectivity index (χ4v) is 4.77. The Kier molecular flexibility index (Phi) is 4.06. The predicted molar refractivity (Wildman–Crippen MR) is 99.6 cm³/mol. The van der Waals surface area contributed by atoms with Crippen LogP contribution in [-0.4, -0.2) is 18.4 Å². The Labute approximate surface area is 159 Å². The molecule has 1 aromatic heterocycles. The summed E-state index contributed by atoms with van der Waals surface area (Å²) in [6.07, 6.45) is 1.25. The second kappa shape index (κ2) is 6.15. The molecule has 9 heteroatoms. The van der Waals surface area contributed by atoms with Gasteiger partial charge in [0.15, 0.2) is 4.77 Å². The molecule has 0 saturated carbocycles. The number of aromatic amines is 1. The highest BCUT2D eigenvalue weighted by molar-refractivity contribution is 7.93. The average Bonchev–Trinajstić information content (AvgIpc) is 2.60. The molecule has 0 unspecified atom stereocenters. The van der Waals surface area contributed by atoms with E-state index in [-0.39, 0.29) is 22.0 Å². The second-order valence-electron chi connectivity index (χ2n) is 5.73. The Balaban J connectivity index is 1.94. The molecule has 0 saturated heterocycles. The monoisotopic (exact) mass is 407 g/mol. The van der Waals surface area contributed by atoms with Crippen molar-refractivity contribution in [3.05, 3.63) is 69.8 Å². The zero-order valence-electron chi connectivity index (χ0n) is 13.1. The topological polar surface area (TPSA) is 66.1 Å². The number of nitrogens with one attached hydrogen (secondary N) is 1. The highest BCUT2D eigenvalue weighted by Crippen LogP contribution is 2.43. The van der Waals surface area contributed by atoms with Crippen LogP contribution in [0, 0.1) is 10.6 Å². The van der Waals surface area contributed by atoms with Crippen molar-refractivity contribution in [2.24, 2.45) is 0 Å². The van der Waals surface area contributed by atoms with Crippen LogP contribution < -0.4 is 4.31 Å². The van der Waals surface area contributed by atoms with E-state index in [0.29, 0.717) is 27.5 Å². The van der Waals surface area contributed by atoms with Crippen LogP contribution in [0.1, 0.15) is 5.56 Å².